The summed E-state index contributed by atoms with van der Waals surface area (Å²) in [6.07, 6.45) is 2.66. The third kappa shape index (κ3) is 2.82. The van der Waals surface area contributed by atoms with E-state index in [0.29, 0.717) is 12.6 Å². The summed E-state index contributed by atoms with van der Waals surface area (Å²) in [5.74, 6) is 0.874. The molecule has 0 radical (unpaired) electrons. The monoisotopic (exact) mass is 289 g/mol. The summed E-state index contributed by atoms with van der Waals surface area (Å²) in [6, 6.07) is 6.01. The molecule has 1 saturated carbocycles. The van der Waals surface area contributed by atoms with Crippen LogP contribution in [0.25, 0.3) is 0 Å². The number of hydrogen-bond acceptors (Lipinski definition) is 4. The third-order valence-corrected chi connectivity index (χ3v) is 4.67. The Bertz CT molecular complexity index is 524. The minimum Gasteiger partial charge on any atom is -0.490 e. The van der Waals surface area contributed by atoms with Gasteiger partial charge in [-0.15, -0.1) is 0 Å². The van der Waals surface area contributed by atoms with Crippen molar-refractivity contribution in [1.29, 1.82) is 0 Å². The lowest BCUT2D eigenvalue weighted by molar-refractivity contribution is 0.00578. The minimum atomic E-state index is -0.392. The van der Waals surface area contributed by atoms with E-state index in [-0.39, 0.29) is 11.2 Å². The van der Waals surface area contributed by atoms with Crippen LogP contribution in [0, 0.1) is 0 Å². The van der Waals surface area contributed by atoms with Gasteiger partial charge in [-0.05, 0) is 63.7 Å². The first kappa shape index (κ1) is 14.9. The zero-order valence-corrected chi connectivity index (χ0v) is 13.3. The lowest BCUT2D eigenvalue weighted by atomic mass is 9.75. The average Bonchev–Trinajstić information content (AvgIpc) is 3.17. The molecule has 3 rings (SSSR count). The predicted octanol–water partition coefficient (Wildman–Crippen LogP) is 1.99. The first-order chi connectivity index (χ1) is 9.82. The largest absolute Gasteiger partial charge is 0.495 e. The fraction of sp³-hybridized carbons (Fsp3) is 0.625. The molecule has 1 aromatic carbocycles. The molecule has 0 amide bonds. The zero-order chi connectivity index (χ0) is 15.3. The molecule has 5 heteroatoms. The Labute approximate surface area is 127 Å². The van der Waals surface area contributed by atoms with Gasteiger partial charge in [0.15, 0.2) is 0 Å². The lowest BCUT2D eigenvalue weighted by Gasteiger charge is -2.32. The Morgan fingerprint density at radius 1 is 1.19 bits per heavy atom. The van der Waals surface area contributed by atoms with Crippen molar-refractivity contribution in [2.24, 2.45) is 5.73 Å². The molecule has 1 aliphatic carbocycles. The molecule has 2 aliphatic rings. The van der Waals surface area contributed by atoms with Crippen LogP contribution in [-0.4, -0.2) is 24.4 Å². The number of ether oxygens (including phenoxy) is 1. The van der Waals surface area contributed by atoms with Crippen molar-refractivity contribution in [3.05, 3.63) is 23.8 Å². The summed E-state index contributed by atoms with van der Waals surface area (Å²) in [6.45, 7) is 8.68. The summed E-state index contributed by atoms with van der Waals surface area (Å²) in [4.78, 5) is 0. The van der Waals surface area contributed by atoms with E-state index in [1.54, 1.807) is 0 Å². The van der Waals surface area contributed by atoms with Crippen molar-refractivity contribution in [2.75, 3.05) is 0 Å². The molecule has 0 atom stereocenters. The van der Waals surface area contributed by atoms with Gasteiger partial charge in [0.2, 0.25) is 0 Å². The van der Waals surface area contributed by atoms with Crippen LogP contribution in [0.2, 0.25) is 0 Å². The van der Waals surface area contributed by atoms with E-state index in [1.807, 2.05) is 18.2 Å². The highest BCUT2D eigenvalue weighted by atomic mass is 16.7. The van der Waals surface area contributed by atoms with E-state index in [9.17, 15) is 0 Å². The molecule has 1 aliphatic heterocycles. The first-order valence-corrected chi connectivity index (χ1v) is 7.67. The molecule has 0 bridgehead atoms. The van der Waals surface area contributed by atoms with E-state index in [2.05, 4.69) is 27.7 Å². The van der Waals surface area contributed by atoms with Crippen LogP contribution in [0.3, 0.4) is 0 Å². The highest BCUT2D eigenvalue weighted by Crippen LogP contribution is 2.37. The lowest BCUT2D eigenvalue weighted by Crippen LogP contribution is -2.41. The second-order valence-corrected chi connectivity index (χ2v) is 6.97. The third-order valence-electron chi connectivity index (χ3n) is 4.67. The van der Waals surface area contributed by atoms with Gasteiger partial charge in [0, 0.05) is 6.54 Å². The number of hydrogen-bond donors (Lipinski definition) is 1. The van der Waals surface area contributed by atoms with Crippen molar-refractivity contribution in [3.63, 3.8) is 0 Å². The van der Waals surface area contributed by atoms with Crippen LogP contribution in [0.4, 0.5) is 0 Å². The molecule has 2 fully saturated rings. The number of rotatable bonds is 4. The normalized spacial score (nSPS) is 23.4. The fourth-order valence-electron chi connectivity index (χ4n) is 2.40. The number of benzene rings is 1. The highest BCUT2D eigenvalue weighted by molar-refractivity contribution is 6.62. The van der Waals surface area contributed by atoms with Crippen molar-refractivity contribution in [2.45, 2.75) is 64.4 Å². The van der Waals surface area contributed by atoms with Crippen molar-refractivity contribution < 1.29 is 14.0 Å². The maximum absolute atomic E-state index is 6.13. The molecule has 114 valence electrons. The number of nitrogens with two attached hydrogens (primary N) is 1. The van der Waals surface area contributed by atoms with Gasteiger partial charge in [-0.3, -0.25) is 0 Å². The average molecular weight is 289 g/mol. The summed E-state index contributed by atoms with van der Waals surface area (Å²) in [5, 5.41) is 0. The van der Waals surface area contributed by atoms with Gasteiger partial charge >= 0.3 is 7.12 Å². The van der Waals surface area contributed by atoms with Gasteiger partial charge in [-0.2, -0.15) is 0 Å². The van der Waals surface area contributed by atoms with E-state index in [0.717, 1.165) is 29.6 Å². The molecule has 2 N–H and O–H groups in total. The Hall–Kier alpha value is -1.04. The maximum Gasteiger partial charge on any atom is 0.495 e. The standard InChI is InChI=1S/C16H24BNO3/c1-15(2)16(3,4)21-17(20-15)14-9-13(19-12-7-8-12)6-5-11(14)10-18/h5-6,9,12H,7-8,10,18H2,1-4H3. The molecular weight excluding hydrogens is 265 g/mol. The van der Waals surface area contributed by atoms with Crippen LogP contribution >= 0.6 is 0 Å². The van der Waals surface area contributed by atoms with Gasteiger partial charge in [0.25, 0.3) is 0 Å². The first-order valence-electron chi connectivity index (χ1n) is 7.67. The van der Waals surface area contributed by atoms with Gasteiger partial charge in [0.05, 0.1) is 17.3 Å². The van der Waals surface area contributed by atoms with Gasteiger partial charge in [-0.25, -0.2) is 0 Å². The molecule has 1 saturated heterocycles. The smallest absolute Gasteiger partial charge is 0.490 e. The minimum absolute atomic E-state index is 0.350. The van der Waals surface area contributed by atoms with E-state index in [4.69, 9.17) is 19.8 Å². The molecule has 0 spiro atoms. The second kappa shape index (κ2) is 5.01. The van der Waals surface area contributed by atoms with Crippen LogP contribution in [-0.2, 0) is 15.9 Å². The summed E-state index contributed by atoms with van der Waals surface area (Å²) in [7, 11) is -0.392. The van der Waals surface area contributed by atoms with Crippen molar-refractivity contribution in [3.8, 4) is 5.75 Å². The van der Waals surface area contributed by atoms with Gasteiger partial charge < -0.3 is 19.8 Å². The van der Waals surface area contributed by atoms with E-state index in [1.165, 1.54) is 0 Å². The van der Waals surface area contributed by atoms with Crippen molar-refractivity contribution in [1.82, 2.24) is 0 Å². The van der Waals surface area contributed by atoms with Crippen LogP contribution in [0.5, 0.6) is 5.75 Å². The molecule has 4 nitrogen and oxygen atoms in total. The van der Waals surface area contributed by atoms with E-state index >= 15 is 0 Å². The Balaban J connectivity index is 1.89. The van der Waals surface area contributed by atoms with Crippen LogP contribution in [0.1, 0.15) is 46.1 Å². The summed E-state index contributed by atoms with van der Waals surface area (Å²) in [5.41, 5.74) is 7.18. The van der Waals surface area contributed by atoms with Gasteiger partial charge in [-0.1, -0.05) is 6.07 Å². The molecule has 1 heterocycles. The summed E-state index contributed by atoms with van der Waals surface area (Å²) < 4.78 is 18.1. The quantitative estimate of drug-likeness (QED) is 0.861. The highest BCUT2D eigenvalue weighted by Gasteiger charge is 2.52. The SMILES string of the molecule is CC1(C)OB(c2cc(OC3CC3)ccc2CN)OC1(C)C. The van der Waals surface area contributed by atoms with Crippen LogP contribution in [0.15, 0.2) is 18.2 Å². The van der Waals surface area contributed by atoms with Gasteiger partial charge in [0.1, 0.15) is 5.75 Å². The van der Waals surface area contributed by atoms with Crippen molar-refractivity contribution >= 4 is 12.6 Å². The topological polar surface area (TPSA) is 53.7 Å². The Morgan fingerprint density at radius 3 is 2.33 bits per heavy atom. The predicted molar refractivity (Wildman–Crippen MR) is 83.7 cm³/mol. The molecular formula is C16H24BNO3. The maximum atomic E-state index is 6.13. The fourth-order valence-corrected chi connectivity index (χ4v) is 2.40. The summed E-state index contributed by atoms with van der Waals surface area (Å²) >= 11 is 0. The molecule has 21 heavy (non-hydrogen) atoms. The second-order valence-electron chi connectivity index (χ2n) is 6.97. The zero-order valence-electron chi connectivity index (χ0n) is 13.3. The molecule has 0 unspecified atom stereocenters. The molecule has 1 aromatic rings. The molecule has 0 aromatic heterocycles. The Morgan fingerprint density at radius 2 is 1.81 bits per heavy atom. The Kier molecular flexibility index (Phi) is 3.55. The van der Waals surface area contributed by atoms with Crippen LogP contribution < -0.4 is 15.9 Å². The van der Waals surface area contributed by atoms with E-state index < -0.39 is 7.12 Å².